The number of carbonyl (C=O) groups excluding carboxylic acids is 1. The maximum Gasteiger partial charge on any atom is 0.248 e. The van der Waals surface area contributed by atoms with Gasteiger partial charge in [0.05, 0.1) is 40.2 Å². The first-order valence-electron chi connectivity index (χ1n) is 9.24. The summed E-state index contributed by atoms with van der Waals surface area (Å²) in [4.78, 5) is 12.5. The van der Waals surface area contributed by atoms with Crippen molar-refractivity contribution in [3.8, 4) is 28.7 Å². The Morgan fingerprint density at radius 1 is 0.862 bits per heavy atom. The Morgan fingerprint density at radius 2 is 1.52 bits per heavy atom. The van der Waals surface area contributed by atoms with Gasteiger partial charge in [-0.2, -0.15) is 0 Å². The number of hydrogen-bond donors (Lipinski definition) is 1. The molecule has 1 amide bonds. The molecule has 2 rings (SSSR count). The summed E-state index contributed by atoms with van der Waals surface area (Å²) >= 11 is 0. The highest BCUT2D eigenvalue weighted by atomic mass is 16.5. The smallest absolute Gasteiger partial charge is 0.248 e. The van der Waals surface area contributed by atoms with Crippen LogP contribution >= 0.6 is 0 Å². The number of nitrogens with one attached hydrogen (secondary N) is 1. The molecule has 0 aliphatic rings. The third-order valence-electron chi connectivity index (χ3n) is 3.97. The third kappa shape index (κ3) is 5.81. The lowest BCUT2D eigenvalue weighted by Crippen LogP contribution is -2.10. The Balaban J connectivity index is 2.24. The van der Waals surface area contributed by atoms with E-state index >= 15 is 0 Å². The number of rotatable bonds is 10. The molecule has 2 aromatic rings. The fourth-order valence-corrected chi connectivity index (χ4v) is 2.67. The van der Waals surface area contributed by atoms with Crippen LogP contribution < -0.4 is 29.0 Å². The Hall–Kier alpha value is -3.35. The summed E-state index contributed by atoms with van der Waals surface area (Å²) in [6, 6.07) is 8.74. The van der Waals surface area contributed by atoms with Gasteiger partial charge in [0.15, 0.2) is 11.5 Å². The van der Waals surface area contributed by atoms with Crippen molar-refractivity contribution in [1.82, 2.24) is 0 Å². The minimum absolute atomic E-state index is 0.323. The van der Waals surface area contributed by atoms with E-state index in [4.69, 9.17) is 23.7 Å². The van der Waals surface area contributed by atoms with E-state index in [9.17, 15) is 4.79 Å². The van der Waals surface area contributed by atoms with Gasteiger partial charge in [-0.05, 0) is 38.1 Å². The van der Waals surface area contributed by atoms with Crippen molar-refractivity contribution in [2.75, 3.05) is 39.9 Å². The molecule has 0 heterocycles. The van der Waals surface area contributed by atoms with Crippen LogP contribution in [0.25, 0.3) is 6.08 Å². The topological polar surface area (TPSA) is 75.3 Å². The molecule has 0 unspecified atom stereocenters. The van der Waals surface area contributed by atoms with E-state index < -0.39 is 0 Å². The molecule has 7 heteroatoms. The lowest BCUT2D eigenvalue weighted by molar-refractivity contribution is -0.111. The quantitative estimate of drug-likeness (QED) is 0.603. The molecule has 0 spiro atoms. The molecule has 0 aliphatic carbocycles. The number of amides is 1. The second-order valence-electron chi connectivity index (χ2n) is 5.80. The first kappa shape index (κ1) is 21.9. The molecular formula is C22H27NO6. The highest BCUT2D eigenvalue weighted by molar-refractivity contribution is 6.03. The number of ether oxygens (including phenoxy) is 5. The van der Waals surface area contributed by atoms with E-state index in [-0.39, 0.29) is 5.91 Å². The summed E-state index contributed by atoms with van der Waals surface area (Å²) in [7, 11) is 4.64. The van der Waals surface area contributed by atoms with E-state index in [0.29, 0.717) is 53.2 Å². The van der Waals surface area contributed by atoms with Crippen molar-refractivity contribution in [3.05, 3.63) is 42.0 Å². The standard InChI is InChI=1S/C22H27NO6/c1-6-28-16-9-10-18(29-7-2)17(13-16)23-22(24)11-8-15-12-20(26-4)21(27-5)14-19(15)25-3/h8-14H,6-7H2,1-5H3,(H,23,24)/b11-8+. The number of methoxy groups -OCH3 is 3. The number of benzene rings is 2. The molecule has 0 aromatic heterocycles. The van der Waals surface area contributed by atoms with Crippen LogP contribution in [-0.4, -0.2) is 40.5 Å². The highest BCUT2D eigenvalue weighted by Crippen LogP contribution is 2.35. The summed E-state index contributed by atoms with van der Waals surface area (Å²) in [5.41, 5.74) is 1.21. The molecule has 0 saturated heterocycles. The second kappa shape index (κ2) is 10.8. The zero-order valence-corrected chi connectivity index (χ0v) is 17.4. The zero-order valence-electron chi connectivity index (χ0n) is 17.4. The van der Waals surface area contributed by atoms with Crippen molar-refractivity contribution in [3.63, 3.8) is 0 Å². The maximum atomic E-state index is 12.5. The predicted octanol–water partition coefficient (Wildman–Crippen LogP) is 4.16. The average Bonchev–Trinajstić information content (AvgIpc) is 2.73. The van der Waals surface area contributed by atoms with Crippen molar-refractivity contribution in [2.24, 2.45) is 0 Å². The van der Waals surface area contributed by atoms with Crippen LogP contribution in [0.15, 0.2) is 36.4 Å². The normalized spacial score (nSPS) is 10.5. The Kier molecular flexibility index (Phi) is 8.21. The van der Waals surface area contributed by atoms with Gasteiger partial charge >= 0.3 is 0 Å². The fourth-order valence-electron chi connectivity index (χ4n) is 2.67. The molecule has 1 N–H and O–H groups in total. The first-order valence-corrected chi connectivity index (χ1v) is 9.24. The van der Waals surface area contributed by atoms with E-state index in [0.717, 1.165) is 0 Å². The van der Waals surface area contributed by atoms with Gasteiger partial charge in [0, 0.05) is 23.8 Å². The lowest BCUT2D eigenvalue weighted by Gasteiger charge is -2.13. The van der Waals surface area contributed by atoms with Gasteiger partial charge < -0.3 is 29.0 Å². The molecule has 156 valence electrons. The maximum absolute atomic E-state index is 12.5. The van der Waals surface area contributed by atoms with Crippen LogP contribution in [0, 0.1) is 0 Å². The van der Waals surface area contributed by atoms with Crippen molar-refractivity contribution in [2.45, 2.75) is 13.8 Å². The van der Waals surface area contributed by atoms with Gasteiger partial charge in [-0.1, -0.05) is 0 Å². The van der Waals surface area contributed by atoms with Gasteiger partial charge in [0.1, 0.15) is 17.2 Å². The van der Waals surface area contributed by atoms with Gasteiger partial charge in [-0.25, -0.2) is 0 Å². The second-order valence-corrected chi connectivity index (χ2v) is 5.80. The summed E-state index contributed by atoms with van der Waals surface area (Å²) in [5, 5.41) is 2.83. The zero-order chi connectivity index (χ0) is 21.2. The Bertz CT molecular complexity index is 863. The number of hydrogen-bond acceptors (Lipinski definition) is 6. The van der Waals surface area contributed by atoms with Gasteiger partial charge in [0.2, 0.25) is 5.91 Å². The van der Waals surface area contributed by atoms with Crippen LogP contribution in [-0.2, 0) is 4.79 Å². The average molecular weight is 401 g/mol. The molecule has 0 bridgehead atoms. The molecule has 0 saturated carbocycles. The van der Waals surface area contributed by atoms with Crippen LogP contribution in [0.5, 0.6) is 28.7 Å². The minimum Gasteiger partial charge on any atom is -0.496 e. The van der Waals surface area contributed by atoms with Crippen molar-refractivity contribution in [1.29, 1.82) is 0 Å². The minimum atomic E-state index is -0.323. The molecular weight excluding hydrogens is 374 g/mol. The summed E-state index contributed by atoms with van der Waals surface area (Å²) in [6.45, 7) is 4.79. The number of anilines is 1. The molecule has 2 aromatic carbocycles. The van der Waals surface area contributed by atoms with Crippen molar-refractivity contribution < 1.29 is 28.5 Å². The molecule has 7 nitrogen and oxygen atoms in total. The van der Waals surface area contributed by atoms with Crippen LogP contribution in [0.1, 0.15) is 19.4 Å². The van der Waals surface area contributed by atoms with Gasteiger partial charge in [-0.3, -0.25) is 4.79 Å². The predicted molar refractivity (Wildman–Crippen MR) is 113 cm³/mol. The largest absolute Gasteiger partial charge is 0.496 e. The summed E-state index contributed by atoms with van der Waals surface area (Å²) < 4.78 is 27.0. The van der Waals surface area contributed by atoms with Gasteiger partial charge in [0.25, 0.3) is 0 Å². The highest BCUT2D eigenvalue weighted by Gasteiger charge is 2.11. The molecule has 29 heavy (non-hydrogen) atoms. The summed E-state index contributed by atoms with van der Waals surface area (Å²) in [6.07, 6.45) is 3.05. The Labute approximate surface area is 171 Å². The monoisotopic (exact) mass is 401 g/mol. The molecule has 0 fully saturated rings. The van der Waals surface area contributed by atoms with Gasteiger partial charge in [-0.15, -0.1) is 0 Å². The first-order chi connectivity index (χ1) is 14.1. The van der Waals surface area contributed by atoms with E-state index in [2.05, 4.69) is 5.32 Å². The van der Waals surface area contributed by atoms with E-state index in [1.165, 1.54) is 6.08 Å². The SMILES string of the molecule is CCOc1ccc(OCC)c(NC(=O)/C=C/c2cc(OC)c(OC)cc2OC)c1. The lowest BCUT2D eigenvalue weighted by atomic mass is 10.1. The van der Waals surface area contributed by atoms with E-state index in [1.807, 2.05) is 13.8 Å². The van der Waals surface area contributed by atoms with Crippen LogP contribution in [0.3, 0.4) is 0 Å². The number of carbonyl (C=O) groups is 1. The summed E-state index contributed by atoms with van der Waals surface area (Å²) in [5.74, 6) is 2.53. The fraction of sp³-hybridized carbons (Fsp3) is 0.318. The van der Waals surface area contributed by atoms with E-state index in [1.54, 1.807) is 57.7 Å². The van der Waals surface area contributed by atoms with Crippen LogP contribution in [0.4, 0.5) is 5.69 Å². The molecule has 0 aliphatic heterocycles. The molecule has 0 radical (unpaired) electrons. The Morgan fingerprint density at radius 3 is 2.14 bits per heavy atom. The van der Waals surface area contributed by atoms with Crippen LogP contribution in [0.2, 0.25) is 0 Å². The van der Waals surface area contributed by atoms with Crippen molar-refractivity contribution >= 4 is 17.7 Å². The third-order valence-corrected chi connectivity index (χ3v) is 3.97. The molecule has 0 atom stereocenters.